The molecule has 34 heavy (non-hydrogen) atoms. The Balaban J connectivity index is 1.75. The molecule has 1 N–H and O–H groups in total. The number of methoxy groups -OCH3 is 3. The lowest BCUT2D eigenvalue weighted by Gasteiger charge is -2.33. The first-order valence-corrected chi connectivity index (χ1v) is 11.4. The second kappa shape index (κ2) is 10.5. The number of nitrogens with zero attached hydrogens (tertiary/aromatic N) is 1. The number of aliphatic hydroxyl groups is 1. The quantitative estimate of drug-likeness (QED) is 0.447. The van der Waals surface area contributed by atoms with Crippen LogP contribution >= 0.6 is 11.6 Å². The minimum atomic E-state index is -1.64. The van der Waals surface area contributed by atoms with Gasteiger partial charge in [0.15, 0.2) is 0 Å². The molecular formula is C27H28ClNO5. The number of ether oxygens (including phenoxy) is 4. The predicted octanol–water partition coefficient (Wildman–Crippen LogP) is 4.73. The van der Waals surface area contributed by atoms with Crippen LogP contribution < -0.4 is 9.47 Å². The molecule has 0 amide bonds. The lowest BCUT2D eigenvalue weighted by molar-refractivity contribution is 0.0785. The second-order valence-corrected chi connectivity index (χ2v) is 8.46. The Labute approximate surface area is 204 Å². The summed E-state index contributed by atoms with van der Waals surface area (Å²) in [6.45, 7) is 0.357. The van der Waals surface area contributed by atoms with Gasteiger partial charge in [0, 0.05) is 7.11 Å². The van der Waals surface area contributed by atoms with Gasteiger partial charge in [0.2, 0.25) is 5.90 Å². The Morgan fingerprint density at radius 3 is 1.88 bits per heavy atom. The zero-order valence-electron chi connectivity index (χ0n) is 19.4. The van der Waals surface area contributed by atoms with Crippen molar-refractivity contribution >= 4 is 17.5 Å². The SMILES string of the molecule is COC[C@@H]1N=C(C(Cl)C(O)(c2ccc(OC)cc2)c2ccc(OC)cc2)O[C@H]1c1ccccc1. The summed E-state index contributed by atoms with van der Waals surface area (Å²) in [6, 6.07) is 23.8. The van der Waals surface area contributed by atoms with E-state index in [1.807, 2.05) is 30.3 Å². The first kappa shape index (κ1) is 24.1. The minimum absolute atomic E-state index is 0.256. The molecule has 3 aromatic carbocycles. The number of benzene rings is 3. The van der Waals surface area contributed by atoms with Crippen LogP contribution in [0.5, 0.6) is 11.5 Å². The Morgan fingerprint density at radius 1 is 0.882 bits per heavy atom. The van der Waals surface area contributed by atoms with Crippen LogP contribution in [-0.4, -0.2) is 50.4 Å². The second-order valence-electron chi connectivity index (χ2n) is 8.03. The van der Waals surface area contributed by atoms with Crippen molar-refractivity contribution in [2.24, 2.45) is 4.99 Å². The molecule has 4 rings (SSSR count). The normalized spacial score (nSPS) is 18.7. The van der Waals surface area contributed by atoms with E-state index in [4.69, 9.17) is 35.5 Å². The third-order valence-electron chi connectivity index (χ3n) is 6.00. The van der Waals surface area contributed by atoms with E-state index in [-0.39, 0.29) is 18.0 Å². The van der Waals surface area contributed by atoms with Gasteiger partial charge in [-0.2, -0.15) is 0 Å². The van der Waals surface area contributed by atoms with E-state index in [1.54, 1.807) is 69.9 Å². The zero-order valence-corrected chi connectivity index (χ0v) is 20.1. The molecule has 0 aliphatic carbocycles. The third-order valence-corrected chi connectivity index (χ3v) is 6.50. The zero-order chi connectivity index (χ0) is 24.1. The Bertz CT molecular complexity index is 1050. The van der Waals surface area contributed by atoms with Crippen molar-refractivity contribution < 1.29 is 24.1 Å². The average molecular weight is 482 g/mol. The molecule has 7 heteroatoms. The molecule has 178 valence electrons. The summed E-state index contributed by atoms with van der Waals surface area (Å²) >= 11 is 7.02. The van der Waals surface area contributed by atoms with E-state index >= 15 is 0 Å². The Morgan fingerprint density at radius 2 is 1.41 bits per heavy atom. The van der Waals surface area contributed by atoms with E-state index < -0.39 is 11.0 Å². The smallest absolute Gasteiger partial charge is 0.206 e. The molecule has 0 saturated heterocycles. The van der Waals surface area contributed by atoms with E-state index in [9.17, 15) is 5.11 Å². The molecular weight excluding hydrogens is 454 g/mol. The van der Waals surface area contributed by atoms with Crippen molar-refractivity contribution in [2.75, 3.05) is 27.9 Å². The van der Waals surface area contributed by atoms with Gasteiger partial charge < -0.3 is 24.1 Å². The molecule has 3 aromatic rings. The number of aliphatic imine (C=N–C) groups is 1. The Hall–Kier alpha value is -3.06. The summed E-state index contributed by atoms with van der Waals surface area (Å²) in [5.41, 5.74) is 0.485. The number of rotatable bonds is 9. The molecule has 0 bridgehead atoms. The maximum Gasteiger partial charge on any atom is 0.206 e. The van der Waals surface area contributed by atoms with Gasteiger partial charge in [0.1, 0.15) is 34.6 Å². The molecule has 0 saturated carbocycles. The highest BCUT2D eigenvalue weighted by molar-refractivity contribution is 6.32. The first-order valence-electron chi connectivity index (χ1n) is 10.9. The standard InChI is InChI=1S/C27H28ClNO5/c1-31-17-23-24(18-7-5-4-6-8-18)34-26(29-23)25(28)27(30,19-9-13-21(32-2)14-10-19)20-11-15-22(33-3)16-12-20/h4-16,23-25,30H,17H2,1-3H3/t23-,24-,25?/m0/s1. The van der Waals surface area contributed by atoms with Crippen molar-refractivity contribution in [1.29, 1.82) is 0 Å². The molecule has 0 aromatic heterocycles. The monoisotopic (exact) mass is 481 g/mol. The van der Waals surface area contributed by atoms with Gasteiger partial charge in [-0.1, -0.05) is 54.6 Å². The maximum atomic E-state index is 12.2. The molecule has 1 aliphatic rings. The molecule has 0 radical (unpaired) electrons. The summed E-state index contributed by atoms with van der Waals surface area (Å²) in [5, 5.41) is 11.2. The van der Waals surface area contributed by atoms with Gasteiger partial charge in [-0.15, -0.1) is 11.6 Å². The number of alkyl halides is 1. The molecule has 1 heterocycles. The topological polar surface area (TPSA) is 69.5 Å². The van der Waals surface area contributed by atoms with Gasteiger partial charge in [0.05, 0.1) is 20.8 Å². The average Bonchev–Trinajstić information content (AvgIpc) is 3.32. The van der Waals surface area contributed by atoms with Crippen LogP contribution in [0.3, 0.4) is 0 Å². The summed E-state index contributed by atoms with van der Waals surface area (Å²) in [6.07, 6.45) is -0.367. The predicted molar refractivity (Wildman–Crippen MR) is 132 cm³/mol. The number of hydrogen-bond acceptors (Lipinski definition) is 6. The van der Waals surface area contributed by atoms with Crippen molar-refractivity contribution in [3.05, 3.63) is 95.6 Å². The Kier molecular flexibility index (Phi) is 7.41. The van der Waals surface area contributed by atoms with Gasteiger partial charge >= 0.3 is 0 Å². The van der Waals surface area contributed by atoms with Crippen molar-refractivity contribution in [3.8, 4) is 11.5 Å². The van der Waals surface area contributed by atoms with Crippen LogP contribution in [0, 0.1) is 0 Å². The van der Waals surface area contributed by atoms with Crippen LogP contribution in [0.4, 0.5) is 0 Å². The summed E-state index contributed by atoms with van der Waals surface area (Å²) in [4.78, 5) is 4.75. The fourth-order valence-electron chi connectivity index (χ4n) is 4.15. The van der Waals surface area contributed by atoms with Gasteiger partial charge in [0.25, 0.3) is 0 Å². The molecule has 0 spiro atoms. The van der Waals surface area contributed by atoms with Crippen LogP contribution in [0.15, 0.2) is 83.9 Å². The van der Waals surface area contributed by atoms with Crippen LogP contribution in [0.2, 0.25) is 0 Å². The molecule has 1 unspecified atom stereocenters. The highest BCUT2D eigenvalue weighted by Crippen LogP contribution is 2.41. The lowest BCUT2D eigenvalue weighted by Crippen LogP contribution is -2.42. The summed E-state index contributed by atoms with van der Waals surface area (Å²) in [7, 11) is 4.81. The van der Waals surface area contributed by atoms with Gasteiger partial charge in [-0.3, -0.25) is 0 Å². The fourth-order valence-corrected chi connectivity index (χ4v) is 4.51. The first-order chi connectivity index (χ1) is 16.5. The number of halogens is 1. The third kappa shape index (κ3) is 4.62. The molecule has 3 atom stereocenters. The van der Waals surface area contributed by atoms with Crippen molar-refractivity contribution in [1.82, 2.24) is 0 Å². The molecule has 1 aliphatic heterocycles. The lowest BCUT2D eigenvalue weighted by atomic mass is 9.83. The number of hydrogen-bond donors (Lipinski definition) is 1. The van der Waals surface area contributed by atoms with Gasteiger partial charge in [-0.25, -0.2) is 4.99 Å². The van der Waals surface area contributed by atoms with Crippen molar-refractivity contribution in [2.45, 2.75) is 23.1 Å². The maximum absolute atomic E-state index is 12.2. The van der Waals surface area contributed by atoms with Crippen LogP contribution in [-0.2, 0) is 15.1 Å². The minimum Gasteiger partial charge on any atom is -0.497 e. The van der Waals surface area contributed by atoms with Gasteiger partial charge in [-0.05, 0) is 41.0 Å². The van der Waals surface area contributed by atoms with E-state index in [2.05, 4.69) is 0 Å². The molecule has 0 fully saturated rings. The van der Waals surface area contributed by atoms with Crippen LogP contribution in [0.1, 0.15) is 22.8 Å². The van der Waals surface area contributed by atoms with E-state index in [1.165, 1.54) is 0 Å². The highest BCUT2D eigenvalue weighted by Gasteiger charge is 2.47. The largest absolute Gasteiger partial charge is 0.497 e. The highest BCUT2D eigenvalue weighted by atomic mass is 35.5. The van der Waals surface area contributed by atoms with Crippen molar-refractivity contribution in [3.63, 3.8) is 0 Å². The molecule has 6 nitrogen and oxygen atoms in total. The summed E-state index contributed by atoms with van der Waals surface area (Å²) in [5.74, 6) is 1.60. The fraction of sp³-hybridized carbons (Fsp3) is 0.296. The van der Waals surface area contributed by atoms with E-state index in [0.717, 1.165) is 5.56 Å². The van der Waals surface area contributed by atoms with Crippen LogP contribution in [0.25, 0.3) is 0 Å². The summed E-state index contributed by atoms with van der Waals surface area (Å²) < 4.78 is 22.3. The van der Waals surface area contributed by atoms with E-state index in [0.29, 0.717) is 29.2 Å².